The van der Waals surface area contributed by atoms with Gasteiger partial charge in [0.05, 0.1) is 5.52 Å². The van der Waals surface area contributed by atoms with Gasteiger partial charge in [-0.1, -0.05) is 36.4 Å². The van der Waals surface area contributed by atoms with Crippen LogP contribution in [-0.2, 0) is 4.74 Å². The van der Waals surface area contributed by atoms with Crippen LogP contribution in [0.4, 0.5) is 0 Å². The Morgan fingerprint density at radius 1 is 1.00 bits per heavy atom. The summed E-state index contributed by atoms with van der Waals surface area (Å²) in [6, 6.07) is 13.1. The van der Waals surface area contributed by atoms with E-state index in [4.69, 9.17) is 4.74 Å². The van der Waals surface area contributed by atoms with E-state index in [1.54, 1.807) is 0 Å². The maximum atomic E-state index is 5.79. The minimum atomic E-state index is 0.252. The smallest absolute Gasteiger partial charge is 0.114 e. The van der Waals surface area contributed by atoms with Gasteiger partial charge in [-0.3, -0.25) is 4.98 Å². The molecule has 2 aliphatic rings. The second-order valence-electron chi connectivity index (χ2n) is 5.97. The van der Waals surface area contributed by atoms with Crippen LogP contribution in [0.1, 0.15) is 17.2 Å². The summed E-state index contributed by atoms with van der Waals surface area (Å²) in [5.41, 5.74) is 3.71. The Hall–Kier alpha value is -2.45. The Balaban J connectivity index is 1.94. The second-order valence-corrected chi connectivity index (χ2v) is 5.97. The molecule has 1 aromatic heterocycles. The molecule has 98 valence electrons. The van der Waals surface area contributed by atoms with E-state index in [0.29, 0.717) is 0 Å². The average molecular weight is 269 g/mol. The summed E-state index contributed by atoms with van der Waals surface area (Å²) < 4.78 is 5.79. The first-order chi connectivity index (χ1) is 10.4. The summed E-state index contributed by atoms with van der Waals surface area (Å²) in [6.45, 7) is 0. The predicted molar refractivity (Wildman–Crippen MR) is 84.6 cm³/mol. The van der Waals surface area contributed by atoms with Gasteiger partial charge in [-0.05, 0) is 34.0 Å². The van der Waals surface area contributed by atoms with Crippen molar-refractivity contribution in [3.8, 4) is 0 Å². The molecule has 1 aliphatic heterocycles. The van der Waals surface area contributed by atoms with E-state index in [2.05, 4.69) is 53.5 Å². The number of nitrogens with zero attached hydrogens (tertiary/aromatic N) is 1. The highest BCUT2D eigenvalue weighted by Crippen LogP contribution is 2.49. The maximum absolute atomic E-state index is 5.79. The molecule has 0 saturated carbocycles. The largest absolute Gasteiger partial charge is 0.360 e. The number of rotatable bonds is 0. The molecular weight excluding hydrogens is 258 g/mol. The van der Waals surface area contributed by atoms with Crippen LogP contribution in [0.25, 0.3) is 38.5 Å². The van der Waals surface area contributed by atoms with Crippen LogP contribution < -0.4 is 0 Å². The molecule has 0 N–H and O–H groups in total. The van der Waals surface area contributed by atoms with E-state index in [1.807, 2.05) is 6.20 Å². The van der Waals surface area contributed by atoms with Gasteiger partial charge < -0.3 is 4.74 Å². The van der Waals surface area contributed by atoms with Crippen molar-refractivity contribution in [1.29, 1.82) is 0 Å². The lowest BCUT2D eigenvalue weighted by Gasteiger charge is -2.16. The lowest BCUT2D eigenvalue weighted by Crippen LogP contribution is -1.98. The SMILES string of the molecule is C1=C[C@@H]2O[C@@H]2c2c1cc1cnc3cccc4ccc2c1c43. The third kappa shape index (κ3) is 1.16. The van der Waals surface area contributed by atoms with Crippen molar-refractivity contribution >= 4 is 38.5 Å². The summed E-state index contributed by atoms with van der Waals surface area (Å²) in [5, 5.41) is 6.42. The molecule has 2 nitrogen and oxygen atoms in total. The topological polar surface area (TPSA) is 25.4 Å². The van der Waals surface area contributed by atoms with Gasteiger partial charge in [0, 0.05) is 22.4 Å². The Labute approximate surface area is 121 Å². The van der Waals surface area contributed by atoms with Crippen molar-refractivity contribution in [2.24, 2.45) is 0 Å². The fourth-order valence-corrected chi connectivity index (χ4v) is 3.86. The van der Waals surface area contributed by atoms with Gasteiger partial charge in [0.15, 0.2) is 0 Å². The van der Waals surface area contributed by atoms with Gasteiger partial charge in [-0.25, -0.2) is 0 Å². The second kappa shape index (κ2) is 3.23. The molecule has 0 unspecified atom stereocenters. The van der Waals surface area contributed by atoms with Gasteiger partial charge in [0.25, 0.3) is 0 Å². The molecule has 0 bridgehead atoms. The lowest BCUT2D eigenvalue weighted by atomic mass is 9.87. The van der Waals surface area contributed by atoms with Gasteiger partial charge >= 0.3 is 0 Å². The minimum Gasteiger partial charge on any atom is -0.360 e. The van der Waals surface area contributed by atoms with Crippen LogP contribution in [0.5, 0.6) is 0 Å². The number of epoxide rings is 1. The van der Waals surface area contributed by atoms with E-state index < -0.39 is 0 Å². The summed E-state index contributed by atoms with van der Waals surface area (Å²) in [7, 11) is 0. The minimum absolute atomic E-state index is 0.252. The van der Waals surface area contributed by atoms with E-state index in [1.165, 1.54) is 38.1 Å². The fraction of sp³-hybridized carbons (Fsp3) is 0.105. The first kappa shape index (κ1) is 10.3. The third-order valence-electron chi connectivity index (χ3n) is 4.84. The molecule has 1 saturated heterocycles. The summed E-state index contributed by atoms with van der Waals surface area (Å²) in [6.07, 6.45) is 6.89. The molecule has 0 spiro atoms. The monoisotopic (exact) mass is 269 g/mol. The first-order valence-corrected chi connectivity index (χ1v) is 7.30. The highest BCUT2D eigenvalue weighted by molar-refractivity contribution is 6.23. The number of hydrogen-bond donors (Lipinski definition) is 0. The fourth-order valence-electron chi connectivity index (χ4n) is 3.86. The zero-order valence-electron chi connectivity index (χ0n) is 11.2. The predicted octanol–water partition coefficient (Wildman–Crippen LogP) is 4.45. The molecule has 21 heavy (non-hydrogen) atoms. The van der Waals surface area contributed by atoms with Crippen molar-refractivity contribution in [3.63, 3.8) is 0 Å². The highest BCUT2D eigenvalue weighted by atomic mass is 16.6. The molecule has 2 heterocycles. The van der Waals surface area contributed by atoms with Gasteiger partial charge in [0.1, 0.15) is 12.2 Å². The Morgan fingerprint density at radius 2 is 2.00 bits per heavy atom. The molecule has 1 fully saturated rings. The van der Waals surface area contributed by atoms with Crippen LogP contribution in [0.2, 0.25) is 0 Å². The molecule has 1 aliphatic carbocycles. The first-order valence-electron chi connectivity index (χ1n) is 7.30. The van der Waals surface area contributed by atoms with Gasteiger partial charge in [0.2, 0.25) is 0 Å². The number of ether oxygens (including phenoxy) is 1. The maximum Gasteiger partial charge on any atom is 0.114 e. The standard InChI is InChI=1S/C19H11NO/c1-2-10-4-6-13-16-12(9-20-14(3-1)18(10)16)8-11-5-7-15-19(21-15)17(11)13/h1-9,15,19H/t15-,19-/m0/s1. The molecule has 0 radical (unpaired) electrons. The number of aromatic nitrogens is 1. The van der Waals surface area contributed by atoms with Crippen molar-refractivity contribution in [3.05, 3.63) is 59.8 Å². The summed E-state index contributed by atoms with van der Waals surface area (Å²) in [5.74, 6) is 0. The lowest BCUT2D eigenvalue weighted by molar-refractivity contribution is 0.396. The molecule has 6 rings (SSSR count). The summed E-state index contributed by atoms with van der Waals surface area (Å²) >= 11 is 0. The molecule has 2 heteroatoms. The Kier molecular flexibility index (Phi) is 1.59. The van der Waals surface area contributed by atoms with Crippen molar-refractivity contribution in [2.75, 3.05) is 0 Å². The van der Waals surface area contributed by atoms with Crippen molar-refractivity contribution in [1.82, 2.24) is 4.98 Å². The van der Waals surface area contributed by atoms with Crippen LogP contribution in [0.3, 0.4) is 0 Å². The van der Waals surface area contributed by atoms with Gasteiger partial charge in [-0.2, -0.15) is 0 Å². The zero-order valence-corrected chi connectivity index (χ0v) is 11.2. The molecule has 4 aromatic rings. The van der Waals surface area contributed by atoms with Crippen molar-refractivity contribution < 1.29 is 4.74 Å². The summed E-state index contributed by atoms with van der Waals surface area (Å²) in [4.78, 5) is 4.63. The molecular formula is C19H11NO. The van der Waals surface area contributed by atoms with Crippen LogP contribution >= 0.6 is 0 Å². The van der Waals surface area contributed by atoms with Crippen LogP contribution in [0, 0.1) is 0 Å². The third-order valence-corrected chi connectivity index (χ3v) is 4.84. The zero-order chi connectivity index (χ0) is 13.6. The number of hydrogen-bond acceptors (Lipinski definition) is 2. The van der Waals surface area contributed by atoms with E-state index in [-0.39, 0.29) is 12.2 Å². The molecule has 0 amide bonds. The van der Waals surface area contributed by atoms with E-state index >= 15 is 0 Å². The highest BCUT2D eigenvalue weighted by Gasteiger charge is 2.42. The molecule has 3 aromatic carbocycles. The van der Waals surface area contributed by atoms with E-state index in [0.717, 1.165) is 5.52 Å². The Morgan fingerprint density at radius 3 is 3.00 bits per heavy atom. The molecule has 2 atom stereocenters. The van der Waals surface area contributed by atoms with E-state index in [9.17, 15) is 0 Å². The number of pyridine rings is 1. The average Bonchev–Trinajstić information content (AvgIpc) is 3.31. The van der Waals surface area contributed by atoms with Gasteiger partial charge in [-0.15, -0.1) is 0 Å². The van der Waals surface area contributed by atoms with Crippen LogP contribution in [-0.4, -0.2) is 11.1 Å². The van der Waals surface area contributed by atoms with Crippen molar-refractivity contribution in [2.45, 2.75) is 12.2 Å². The number of benzene rings is 3. The number of fused-ring (bicyclic) bond motifs is 4. The quantitative estimate of drug-likeness (QED) is 0.348. The van der Waals surface area contributed by atoms with Crippen LogP contribution in [0.15, 0.2) is 48.7 Å². The Bertz CT molecular complexity index is 1060. The normalized spacial score (nSPS) is 22.9.